The zero-order valence-corrected chi connectivity index (χ0v) is 24.8. The van der Waals surface area contributed by atoms with E-state index in [1.165, 1.54) is 35.1 Å². The molecule has 1 fully saturated rings. The third-order valence-corrected chi connectivity index (χ3v) is 7.70. The average molecular weight is 582 g/mol. The number of hydrogen-bond acceptors (Lipinski definition) is 7. The average Bonchev–Trinajstić information content (AvgIpc) is 3.59. The highest BCUT2D eigenvalue weighted by Gasteiger charge is 2.41. The van der Waals surface area contributed by atoms with Crippen molar-refractivity contribution in [2.24, 2.45) is 5.41 Å². The third kappa shape index (κ3) is 7.22. The molecular formula is C30H40FN7O4. The van der Waals surface area contributed by atoms with Crippen LogP contribution >= 0.6 is 0 Å². The van der Waals surface area contributed by atoms with Crippen LogP contribution < -0.4 is 10.6 Å². The van der Waals surface area contributed by atoms with Gasteiger partial charge in [-0.2, -0.15) is 0 Å². The number of imidazole rings is 1. The molecule has 3 atom stereocenters. The maximum absolute atomic E-state index is 13.9. The van der Waals surface area contributed by atoms with Crippen LogP contribution in [0.3, 0.4) is 0 Å². The van der Waals surface area contributed by atoms with Gasteiger partial charge in [-0.25, -0.2) is 14.4 Å². The summed E-state index contributed by atoms with van der Waals surface area (Å²) < 4.78 is 15.0. The molecular weight excluding hydrogens is 541 g/mol. The van der Waals surface area contributed by atoms with Crippen molar-refractivity contribution in [3.8, 4) is 5.75 Å². The first-order valence-corrected chi connectivity index (χ1v) is 14.2. The molecule has 1 aliphatic heterocycles. The number of likely N-dealkylation sites (tertiary alicyclic amines) is 1. The SMILES string of the molecule is CN[C@@H](C)C(=O)N[C@H](C(=O)N1CCC[C@H]1CN(CCc1ccc(F)cc1)C(=O)c1cn2cc(O)cnc2n1)C(C)(C)C. The highest BCUT2D eigenvalue weighted by atomic mass is 19.1. The van der Waals surface area contributed by atoms with Gasteiger partial charge in [0.2, 0.25) is 17.6 Å². The Labute approximate surface area is 245 Å². The van der Waals surface area contributed by atoms with E-state index in [-0.39, 0.29) is 53.3 Å². The number of fused-ring (bicyclic) bond motifs is 1. The molecule has 0 saturated carbocycles. The molecule has 1 aliphatic rings. The summed E-state index contributed by atoms with van der Waals surface area (Å²) in [5.74, 6) is -0.908. The van der Waals surface area contributed by atoms with Crippen molar-refractivity contribution in [1.29, 1.82) is 0 Å². The predicted molar refractivity (Wildman–Crippen MR) is 155 cm³/mol. The van der Waals surface area contributed by atoms with Crippen LogP contribution in [0.1, 0.15) is 56.6 Å². The second-order valence-electron chi connectivity index (χ2n) is 11.9. The largest absolute Gasteiger partial charge is 0.505 e. The number of hydrogen-bond donors (Lipinski definition) is 3. The highest BCUT2D eigenvalue weighted by molar-refractivity contribution is 5.93. The van der Waals surface area contributed by atoms with E-state index in [0.717, 1.165) is 12.0 Å². The molecule has 3 amide bonds. The van der Waals surface area contributed by atoms with Crippen LogP contribution in [0.15, 0.2) is 42.9 Å². The minimum absolute atomic E-state index is 0.0585. The number of benzene rings is 1. The molecule has 4 rings (SSSR count). The van der Waals surface area contributed by atoms with E-state index in [1.54, 1.807) is 35.9 Å². The molecule has 1 aromatic carbocycles. The first kappa shape index (κ1) is 30.9. The van der Waals surface area contributed by atoms with E-state index >= 15 is 0 Å². The number of nitrogens with zero attached hydrogens (tertiary/aromatic N) is 5. The molecule has 0 bridgehead atoms. The van der Waals surface area contributed by atoms with E-state index in [4.69, 9.17) is 0 Å². The number of amides is 3. The summed E-state index contributed by atoms with van der Waals surface area (Å²) in [7, 11) is 1.69. The van der Waals surface area contributed by atoms with E-state index in [9.17, 15) is 23.9 Å². The predicted octanol–water partition coefficient (Wildman–Crippen LogP) is 2.39. The van der Waals surface area contributed by atoms with E-state index < -0.39 is 17.5 Å². The van der Waals surface area contributed by atoms with Gasteiger partial charge in [0.1, 0.15) is 17.6 Å². The van der Waals surface area contributed by atoms with E-state index in [1.807, 2.05) is 20.8 Å². The molecule has 2 aromatic heterocycles. The van der Waals surface area contributed by atoms with Crippen molar-refractivity contribution in [1.82, 2.24) is 34.8 Å². The van der Waals surface area contributed by atoms with Gasteiger partial charge in [-0.05, 0) is 56.3 Å². The van der Waals surface area contributed by atoms with Gasteiger partial charge in [0.15, 0.2) is 5.75 Å². The Balaban J connectivity index is 1.58. The van der Waals surface area contributed by atoms with Crippen LogP contribution in [-0.4, -0.2) is 91.8 Å². The fraction of sp³-hybridized carbons (Fsp3) is 0.500. The van der Waals surface area contributed by atoms with Crippen LogP contribution in [0.4, 0.5) is 4.39 Å². The van der Waals surface area contributed by atoms with Gasteiger partial charge in [0, 0.05) is 31.9 Å². The maximum atomic E-state index is 13.9. The first-order valence-electron chi connectivity index (χ1n) is 14.2. The van der Waals surface area contributed by atoms with Crippen LogP contribution in [0.2, 0.25) is 0 Å². The minimum atomic E-state index is -0.748. The van der Waals surface area contributed by atoms with Gasteiger partial charge in [-0.1, -0.05) is 32.9 Å². The van der Waals surface area contributed by atoms with Gasteiger partial charge < -0.3 is 25.5 Å². The standard InChI is InChI=1S/C30H40FN7O4/c1-19(32-5)26(40)35-25(30(2,3)4)28(42)38-13-6-7-22(38)16-36(14-12-20-8-10-21(31)11-9-20)27(41)24-18-37-17-23(39)15-33-29(37)34-24/h8-11,15,17-19,22,25,32,39H,6-7,12-14,16H2,1-5H3,(H,35,40)/t19-,22-,25+/m0/s1. The summed E-state index contributed by atoms with van der Waals surface area (Å²) in [6, 6.07) is 4.66. The number of nitrogens with one attached hydrogen (secondary N) is 2. The number of aromatic nitrogens is 3. The maximum Gasteiger partial charge on any atom is 0.274 e. The Kier molecular flexibility index (Phi) is 9.45. The van der Waals surface area contributed by atoms with Crippen molar-refractivity contribution in [3.05, 3.63) is 59.9 Å². The van der Waals surface area contributed by atoms with Gasteiger partial charge in [-0.15, -0.1) is 0 Å². The molecule has 12 heteroatoms. The molecule has 0 radical (unpaired) electrons. The van der Waals surface area contributed by atoms with E-state index in [0.29, 0.717) is 25.9 Å². The van der Waals surface area contributed by atoms with E-state index in [2.05, 4.69) is 20.6 Å². The normalized spacial score (nSPS) is 16.8. The Morgan fingerprint density at radius 1 is 1.19 bits per heavy atom. The quantitative estimate of drug-likeness (QED) is 0.335. The summed E-state index contributed by atoms with van der Waals surface area (Å²) in [6.07, 6.45) is 6.13. The Morgan fingerprint density at radius 3 is 2.57 bits per heavy atom. The topological polar surface area (TPSA) is 132 Å². The Hall–Kier alpha value is -4.06. The summed E-state index contributed by atoms with van der Waals surface area (Å²) in [6.45, 7) is 8.57. The van der Waals surface area contributed by atoms with Crippen molar-refractivity contribution in [3.63, 3.8) is 0 Å². The molecule has 0 aliphatic carbocycles. The zero-order chi connectivity index (χ0) is 30.6. The Bertz CT molecular complexity index is 1420. The molecule has 11 nitrogen and oxygen atoms in total. The Morgan fingerprint density at radius 2 is 1.90 bits per heavy atom. The van der Waals surface area contributed by atoms with Crippen LogP contribution in [-0.2, 0) is 16.0 Å². The van der Waals surface area contributed by atoms with Crippen LogP contribution in [0, 0.1) is 11.2 Å². The third-order valence-electron chi connectivity index (χ3n) is 7.70. The van der Waals surface area contributed by atoms with Gasteiger partial charge in [-0.3, -0.25) is 18.8 Å². The molecule has 226 valence electrons. The molecule has 0 spiro atoms. The fourth-order valence-corrected chi connectivity index (χ4v) is 5.11. The summed E-state index contributed by atoms with van der Waals surface area (Å²) in [5, 5.41) is 15.6. The fourth-order valence-electron chi connectivity index (χ4n) is 5.11. The number of carbonyl (C=O) groups excluding carboxylic acids is 3. The van der Waals surface area contributed by atoms with Gasteiger partial charge in [0.25, 0.3) is 5.91 Å². The molecule has 42 heavy (non-hydrogen) atoms. The van der Waals surface area contributed by atoms with Crippen LogP contribution in [0.5, 0.6) is 5.75 Å². The summed E-state index contributed by atoms with van der Waals surface area (Å²) >= 11 is 0. The van der Waals surface area contributed by atoms with Crippen molar-refractivity contribution >= 4 is 23.5 Å². The van der Waals surface area contributed by atoms with Crippen molar-refractivity contribution in [2.75, 3.05) is 26.7 Å². The van der Waals surface area contributed by atoms with Gasteiger partial charge >= 0.3 is 0 Å². The number of carbonyl (C=O) groups is 3. The number of aromatic hydroxyl groups is 1. The van der Waals surface area contributed by atoms with Gasteiger partial charge in [0.05, 0.1) is 18.4 Å². The summed E-state index contributed by atoms with van der Waals surface area (Å²) in [5.41, 5.74) is 0.480. The van der Waals surface area contributed by atoms with Crippen molar-refractivity contribution < 1.29 is 23.9 Å². The second-order valence-corrected chi connectivity index (χ2v) is 11.9. The van der Waals surface area contributed by atoms with Crippen molar-refractivity contribution in [2.45, 2.75) is 65.1 Å². The zero-order valence-electron chi connectivity index (χ0n) is 24.8. The number of rotatable bonds is 10. The lowest BCUT2D eigenvalue weighted by atomic mass is 9.85. The smallest absolute Gasteiger partial charge is 0.274 e. The molecule has 0 unspecified atom stereocenters. The number of likely N-dealkylation sites (N-methyl/N-ethyl adjacent to an activating group) is 1. The molecule has 3 heterocycles. The highest BCUT2D eigenvalue weighted by Crippen LogP contribution is 2.27. The minimum Gasteiger partial charge on any atom is -0.505 e. The lowest BCUT2D eigenvalue weighted by molar-refractivity contribution is -0.140. The van der Waals surface area contributed by atoms with Crippen LogP contribution in [0.25, 0.3) is 5.78 Å². The first-order chi connectivity index (χ1) is 19.9. The molecule has 3 aromatic rings. The lowest BCUT2D eigenvalue weighted by Crippen LogP contribution is -2.59. The number of halogens is 1. The molecule has 3 N–H and O–H groups in total. The monoisotopic (exact) mass is 581 g/mol. The lowest BCUT2D eigenvalue weighted by Gasteiger charge is -2.37. The summed E-state index contributed by atoms with van der Waals surface area (Å²) in [4.78, 5) is 52.4. The molecule has 1 saturated heterocycles. The second kappa shape index (κ2) is 12.8.